The first kappa shape index (κ1) is 10.6. The highest BCUT2D eigenvalue weighted by Crippen LogP contribution is 2.36. The van der Waals surface area contributed by atoms with Crippen molar-refractivity contribution >= 4 is 10.0 Å². The Balaban J connectivity index is 2.21. The van der Waals surface area contributed by atoms with Gasteiger partial charge in [-0.3, -0.25) is 0 Å². The van der Waals surface area contributed by atoms with Crippen LogP contribution in [0.3, 0.4) is 0 Å². The Morgan fingerprint density at radius 1 is 1.60 bits per heavy atom. The molecule has 0 amide bonds. The highest BCUT2D eigenvalue weighted by Gasteiger charge is 2.36. The van der Waals surface area contributed by atoms with E-state index in [0.29, 0.717) is 5.92 Å². The molecule has 0 saturated heterocycles. The molecule has 0 radical (unpaired) electrons. The molecule has 1 aliphatic carbocycles. The monoisotopic (exact) mass is 229 g/mol. The molecule has 1 heterocycles. The lowest BCUT2D eigenvalue weighted by atomic mass is 10.2. The third-order valence-electron chi connectivity index (χ3n) is 3.01. The molecule has 1 aromatic rings. The fourth-order valence-corrected chi connectivity index (χ4v) is 2.95. The number of aromatic amines is 1. The molecule has 6 heteroatoms. The molecule has 2 rings (SSSR count). The molecule has 1 aromatic heterocycles. The van der Waals surface area contributed by atoms with E-state index in [-0.39, 0.29) is 11.1 Å². The zero-order valence-corrected chi connectivity index (χ0v) is 9.66. The number of H-pyrrole nitrogens is 1. The quantitative estimate of drug-likeness (QED) is 0.831. The van der Waals surface area contributed by atoms with Crippen LogP contribution in [0.4, 0.5) is 0 Å². The normalized spacial score (nSPS) is 19.4. The lowest BCUT2D eigenvalue weighted by Crippen LogP contribution is -2.36. The van der Waals surface area contributed by atoms with Gasteiger partial charge in [-0.2, -0.15) is 4.31 Å². The summed E-state index contributed by atoms with van der Waals surface area (Å²) in [5, 5.41) is 0.164. The average molecular weight is 229 g/mol. The van der Waals surface area contributed by atoms with Crippen LogP contribution in [0.5, 0.6) is 0 Å². The van der Waals surface area contributed by atoms with Crippen LogP contribution >= 0.6 is 0 Å². The minimum atomic E-state index is -3.38. The van der Waals surface area contributed by atoms with Crippen LogP contribution in [0.25, 0.3) is 0 Å². The second kappa shape index (κ2) is 3.61. The Hall–Kier alpha value is -0.880. The van der Waals surface area contributed by atoms with E-state index in [1.54, 1.807) is 7.05 Å². The molecule has 1 aliphatic rings. The van der Waals surface area contributed by atoms with Crippen molar-refractivity contribution in [3.8, 4) is 0 Å². The van der Waals surface area contributed by atoms with Crippen molar-refractivity contribution in [3.63, 3.8) is 0 Å². The number of aromatic nitrogens is 2. The molecule has 1 unspecified atom stereocenters. The maximum atomic E-state index is 12.0. The Bertz CT molecular complexity index is 422. The molecule has 0 aliphatic heterocycles. The topological polar surface area (TPSA) is 66.1 Å². The standard InChI is InChI=1S/C9H15N3O2S/c1-7(8-3-4-8)12(2)15(13,14)9-5-10-6-11-9/h5-8H,3-4H2,1-2H3,(H,10,11). The zero-order chi connectivity index (χ0) is 11.1. The van der Waals surface area contributed by atoms with Gasteiger partial charge in [0.2, 0.25) is 0 Å². The van der Waals surface area contributed by atoms with Gasteiger partial charge in [-0.25, -0.2) is 13.4 Å². The molecule has 0 spiro atoms. The molecule has 1 fully saturated rings. The summed E-state index contributed by atoms with van der Waals surface area (Å²) in [5.41, 5.74) is 0. The molecule has 0 bridgehead atoms. The van der Waals surface area contributed by atoms with Crippen molar-refractivity contribution in [2.45, 2.75) is 30.8 Å². The van der Waals surface area contributed by atoms with E-state index in [1.807, 2.05) is 6.92 Å². The molecule has 1 saturated carbocycles. The van der Waals surface area contributed by atoms with Crippen LogP contribution in [0.15, 0.2) is 17.6 Å². The second-order valence-electron chi connectivity index (χ2n) is 4.02. The van der Waals surface area contributed by atoms with Crippen molar-refractivity contribution in [1.29, 1.82) is 0 Å². The largest absolute Gasteiger partial charge is 0.335 e. The fourth-order valence-electron chi connectivity index (χ4n) is 1.63. The first-order valence-corrected chi connectivity index (χ1v) is 6.44. The Labute approximate surface area is 89.6 Å². The van der Waals surface area contributed by atoms with Crippen molar-refractivity contribution in [1.82, 2.24) is 14.3 Å². The predicted octanol–water partition coefficient (Wildman–Crippen LogP) is 0.829. The van der Waals surface area contributed by atoms with Gasteiger partial charge in [0, 0.05) is 13.1 Å². The molecular weight excluding hydrogens is 214 g/mol. The number of sulfonamides is 1. The van der Waals surface area contributed by atoms with E-state index < -0.39 is 10.0 Å². The van der Waals surface area contributed by atoms with E-state index in [0.717, 1.165) is 12.8 Å². The van der Waals surface area contributed by atoms with Gasteiger partial charge in [-0.05, 0) is 25.7 Å². The maximum Gasteiger partial charge on any atom is 0.260 e. The number of hydrogen-bond acceptors (Lipinski definition) is 3. The van der Waals surface area contributed by atoms with Gasteiger partial charge in [0.25, 0.3) is 10.0 Å². The Kier molecular flexibility index (Phi) is 2.56. The van der Waals surface area contributed by atoms with E-state index in [9.17, 15) is 8.42 Å². The average Bonchev–Trinajstić information content (AvgIpc) is 2.90. The summed E-state index contributed by atoms with van der Waals surface area (Å²) in [6.07, 6.45) is 4.97. The smallest absolute Gasteiger partial charge is 0.260 e. The predicted molar refractivity (Wildman–Crippen MR) is 55.7 cm³/mol. The van der Waals surface area contributed by atoms with Gasteiger partial charge in [-0.15, -0.1) is 0 Å². The van der Waals surface area contributed by atoms with Crippen molar-refractivity contribution in [2.75, 3.05) is 7.05 Å². The zero-order valence-electron chi connectivity index (χ0n) is 8.84. The number of imidazole rings is 1. The van der Waals surface area contributed by atoms with Crippen molar-refractivity contribution < 1.29 is 8.42 Å². The van der Waals surface area contributed by atoms with Gasteiger partial charge >= 0.3 is 0 Å². The second-order valence-corrected chi connectivity index (χ2v) is 5.98. The lowest BCUT2D eigenvalue weighted by Gasteiger charge is -2.23. The van der Waals surface area contributed by atoms with E-state index in [1.165, 1.54) is 16.8 Å². The number of hydrogen-bond donors (Lipinski definition) is 1. The SMILES string of the molecule is CC(C1CC1)N(C)S(=O)(=O)c1cnc[nH]1. The Morgan fingerprint density at radius 3 is 2.73 bits per heavy atom. The highest BCUT2D eigenvalue weighted by atomic mass is 32.2. The summed E-state index contributed by atoms with van der Waals surface area (Å²) >= 11 is 0. The molecule has 15 heavy (non-hydrogen) atoms. The molecule has 84 valence electrons. The van der Waals surface area contributed by atoms with Crippen LogP contribution in [0, 0.1) is 5.92 Å². The number of nitrogens with one attached hydrogen (secondary N) is 1. The third kappa shape index (κ3) is 1.91. The van der Waals surface area contributed by atoms with Crippen LogP contribution in [-0.2, 0) is 10.0 Å². The van der Waals surface area contributed by atoms with Crippen LogP contribution in [-0.4, -0.2) is 35.8 Å². The van der Waals surface area contributed by atoms with Crippen LogP contribution < -0.4 is 0 Å². The van der Waals surface area contributed by atoms with E-state index >= 15 is 0 Å². The lowest BCUT2D eigenvalue weighted by molar-refractivity contribution is 0.356. The van der Waals surface area contributed by atoms with Crippen LogP contribution in [0.1, 0.15) is 19.8 Å². The summed E-state index contributed by atoms with van der Waals surface area (Å²) in [5.74, 6) is 0.521. The molecule has 1 atom stereocenters. The summed E-state index contributed by atoms with van der Waals surface area (Å²) in [6, 6.07) is 0.0679. The van der Waals surface area contributed by atoms with Gasteiger partial charge in [0.05, 0.1) is 12.5 Å². The Morgan fingerprint density at radius 2 is 2.27 bits per heavy atom. The number of rotatable bonds is 4. The van der Waals surface area contributed by atoms with E-state index in [2.05, 4.69) is 9.97 Å². The highest BCUT2D eigenvalue weighted by molar-refractivity contribution is 7.89. The summed E-state index contributed by atoms with van der Waals surface area (Å²) < 4.78 is 25.5. The van der Waals surface area contributed by atoms with Gasteiger partial charge < -0.3 is 4.98 Å². The summed E-state index contributed by atoms with van der Waals surface area (Å²) in [6.45, 7) is 1.95. The molecule has 5 nitrogen and oxygen atoms in total. The van der Waals surface area contributed by atoms with Crippen molar-refractivity contribution in [3.05, 3.63) is 12.5 Å². The molecule has 0 aromatic carbocycles. The molecule has 1 N–H and O–H groups in total. The first-order chi connectivity index (χ1) is 7.03. The van der Waals surface area contributed by atoms with E-state index in [4.69, 9.17) is 0 Å². The minimum Gasteiger partial charge on any atom is -0.335 e. The minimum absolute atomic E-state index is 0.0679. The summed E-state index contributed by atoms with van der Waals surface area (Å²) in [4.78, 5) is 6.36. The van der Waals surface area contributed by atoms with Gasteiger partial charge in [-0.1, -0.05) is 0 Å². The summed E-state index contributed by atoms with van der Waals surface area (Å²) in [7, 11) is -1.76. The maximum absolute atomic E-state index is 12.0. The van der Waals surface area contributed by atoms with Crippen LogP contribution in [0.2, 0.25) is 0 Å². The molecular formula is C9H15N3O2S. The first-order valence-electron chi connectivity index (χ1n) is 5.00. The number of nitrogens with zero attached hydrogens (tertiary/aromatic N) is 2. The van der Waals surface area contributed by atoms with Gasteiger partial charge in [0.15, 0.2) is 5.03 Å². The third-order valence-corrected chi connectivity index (χ3v) is 4.88. The fraction of sp³-hybridized carbons (Fsp3) is 0.667. The van der Waals surface area contributed by atoms with Gasteiger partial charge in [0.1, 0.15) is 0 Å². The van der Waals surface area contributed by atoms with Crippen molar-refractivity contribution in [2.24, 2.45) is 5.92 Å².